The molecule has 0 amide bonds. The second-order valence-electron chi connectivity index (χ2n) is 4.19. The van der Waals surface area contributed by atoms with E-state index in [4.69, 9.17) is 0 Å². The molecule has 2 rings (SSSR count). The van der Waals surface area contributed by atoms with Crippen molar-refractivity contribution in [2.45, 2.75) is 11.3 Å². The smallest absolute Gasteiger partial charge is 0.339 e. The number of esters is 1. The van der Waals surface area contributed by atoms with Gasteiger partial charge in [0.05, 0.1) is 22.5 Å². The van der Waals surface area contributed by atoms with Crippen molar-refractivity contribution >= 4 is 21.7 Å². The molecule has 0 radical (unpaired) electrons. The van der Waals surface area contributed by atoms with Gasteiger partial charge in [0.15, 0.2) is 0 Å². The number of carbonyl (C=O) groups excluding carboxylic acids is 1. The molecule has 8 nitrogen and oxygen atoms in total. The molecule has 0 saturated carbocycles. The third kappa shape index (κ3) is 2.37. The van der Waals surface area contributed by atoms with Crippen LogP contribution in [0.1, 0.15) is 16.8 Å². The molecule has 0 unspecified atom stereocenters. The average Bonchev–Trinajstić information content (AvgIpc) is 2.34. The molecule has 0 spiro atoms. The van der Waals surface area contributed by atoms with Crippen molar-refractivity contribution in [3.05, 3.63) is 33.9 Å². The molecule has 0 aromatic heterocycles. The fourth-order valence-electron chi connectivity index (χ4n) is 1.79. The van der Waals surface area contributed by atoms with Crippen molar-refractivity contribution in [3.63, 3.8) is 0 Å². The molecule has 1 heterocycles. The molecule has 9 heteroatoms. The summed E-state index contributed by atoms with van der Waals surface area (Å²) in [6.07, 6.45) is 0.750. The molecule has 0 atom stereocenters. The first-order valence-corrected chi connectivity index (χ1v) is 7.19. The Labute approximate surface area is 115 Å². The zero-order chi connectivity index (χ0) is 14.9. The number of sulfonamides is 1. The van der Waals surface area contributed by atoms with Crippen LogP contribution in [0.2, 0.25) is 0 Å². The third-order valence-corrected chi connectivity index (χ3v) is 4.97. The summed E-state index contributed by atoms with van der Waals surface area (Å²) in [5.74, 6) is -0.923. The molecule has 0 N–H and O–H groups in total. The van der Waals surface area contributed by atoms with E-state index in [0.717, 1.165) is 31.7 Å². The highest BCUT2D eigenvalue weighted by Crippen LogP contribution is 2.27. The summed E-state index contributed by atoms with van der Waals surface area (Å²) in [7, 11) is -2.74. The number of nitro benzene ring substituents is 1. The lowest BCUT2D eigenvalue weighted by Crippen LogP contribution is -2.42. The minimum atomic E-state index is -3.82. The van der Waals surface area contributed by atoms with Gasteiger partial charge in [-0.2, -0.15) is 4.31 Å². The fraction of sp³-hybridized carbons (Fsp3) is 0.364. The Bertz CT molecular complexity index is 665. The first kappa shape index (κ1) is 14.4. The van der Waals surface area contributed by atoms with Gasteiger partial charge in [0.2, 0.25) is 10.0 Å². The van der Waals surface area contributed by atoms with Crippen molar-refractivity contribution in [1.82, 2.24) is 4.31 Å². The molecule has 1 saturated heterocycles. The molecular formula is C11H12N2O6S. The van der Waals surface area contributed by atoms with Gasteiger partial charge in [0.1, 0.15) is 0 Å². The van der Waals surface area contributed by atoms with E-state index in [1.165, 1.54) is 4.31 Å². The first-order chi connectivity index (χ1) is 9.37. The average molecular weight is 300 g/mol. The second kappa shape index (κ2) is 5.17. The highest BCUT2D eigenvalue weighted by molar-refractivity contribution is 7.89. The molecule has 1 aromatic rings. The molecule has 0 bridgehead atoms. The Morgan fingerprint density at radius 1 is 1.40 bits per heavy atom. The van der Waals surface area contributed by atoms with Gasteiger partial charge in [0.25, 0.3) is 5.69 Å². The molecule has 20 heavy (non-hydrogen) atoms. The van der Waals surface area contributed by atoms with Crippen LogP contribution in [0.5, 0.6) is 0 Å². The monoisotopic (exact) mass is 300 g/mol. The standard InChI is InChI=1S/C11H12N2O6S/c1-19-11(14)9-7-8(13(15)16)3-4-10(9)20(17,18)12-5-2-6-12/h3-4,7H,2,5-6H2,1H3. The maximum atomic E-state index is 12.3. The minimum absolute atomic E-state index is 0.269. The SMILES string of the molecule is COC(=O)c1cc([N+](=O)[O-])ccc1S(=O)(=O)N1CCC1. The Morgan fingerprint density at radius 3 is 2.50 bits per heavy atom. The summed E-state index contributed by atoms with van der Waals surface area (Å²) in [4.78, 5) is 21.4. The summed E-state index contributed by atoms with van der Waals surface area (Å²) >= 11 is 0. The van der Waals surface area contributed by atoms with Gasteiger partial charge in [-0.25, -0.2) is 13.2 Å². The van der Waals surface area contributed by atoms with Gasteiger partial charge < -0.3 is 4.74 Å². The lowest BCUT2D eigenvalue weighted by atomic mass is 10.2. The van der Waals surface area contributed by atoms with Gasteiger partial charge in [-0.15, -0.1) is 0 Å². The number of non-ortho nitro benzene ring substituents is 1. The van der Waals surface area contributed by atoms with Gasteiger partial charge >= 0.3 is 5.97 Å². The quantitative estimate of drug-likeness (QED) is 0.462. The number of nitro groups is 1. The number of hydrogen-bond acceptors (Lipinski definition) is 6. The lowest BCUT2D eigenvalue weighted by Gasteiger charge is -2.30. The van der Waals surface area contributed by atoms with Gasteiger partial charge in [-0.05, 0) is 12.5 Å². The number of methoxy groups -OCH3 is 1. The van der Waals surface area contributed by atoms with Crippen LogP contribution in [0.4, 0.5) is 5.69 Å². The van der Waals surface area contributed by atoms with Crippen LogP contribution in [-0.4, -0.2) is 43.8 Å². The fourth-order valence-corrected chi connectivity index (χ4v) is 3.47. The van der Waals surface area contributed by atoms with Crippen LogP contribution >= 0.6 is 0 Å². The normalized spacial score (nSPS) is 15.4. The van der Waals surface area contributed by atoms with Crippen LogP contribution in [0.15, 0.2) is 23.1 Å². The third-order valence-electron chi connectivity index (χ3n) is 3.01. The first-order valence-electron chi connectivity index (χ1n) is 5.75. The molecule has 1 aromatic carbocycles. The predicted molar refractivity (Wildman–Crippen MR) is 67.8 cm³/mol. The number of benzene rings is 1. The van der Waals surface area contributed by atoms with Crippen LogP contribution < -0.4 is 0 Å². The maximum absolute atomic E-state index is 12.3. The van der Waals surface area contributed by atoms with E-state index in [2.05, 4.69) is 4.74 Å². The predicted octanol–water partition coefficient (Wildman–Crippen LogP) is 0.776. The van der Waals surface area contributed by atoms with Gasteiger partial charge in [0, 0.05) is 25.2 Å². The molecule has 1 fully saturated rings. The number of ether oxygens (including phenoxy) is 1. The summed E-state index contributed by atoms with van der Waals surface area (Å²) in [5, 5.41) is 10.7. The van der Waals surface area contributed by atoms with Crippen molar-refractivity contribution in [2.75, 3.05) is 20.2 Å². The Morgan fingerprint density at radius 2 is 2.05 bits per heavy atom. The zero-order valence-electron chi connectivity index (χ0n) is 10.6. The number of hydrogen-bond donors (Lipinski definition) is 0. The van der Waals surface area contributed by atoms with Crippen LogP contribution in [0.25, 0.3) is 0 Å². The molecular weight excluding hydrogens is 288 g/mol. The number of carbonyl (C=O) groups is 1. The van der Waals surface area contributed by atoms with Crippen LogP contribution in [0, 0.1) is 10.1 Å². The summed E-state index contributed by atoms with van der Waals surface area (Å²) < 4.78 is 30.3. The van der Waals surface area contributed by atoms with E-state index >= 15 is 0 Å². The highest BCUT2D eigenvalue weighted by atomic mass is 32.2. The van der Waals surface area contributed by atoms with E-state index in [9.17, 15) is 23.3 Å². The van der Waals surface area contributed by atoms with E-state index in [0.29, 0.717) is 13.1 Å². The topological polar surface area (TPSA) is 107 Å². The minimum Gasteiger partial charge on any atom is -0.465 e. The summed E-state index contributed by atoms with van der Waals surface area (Å²) in [5.41, 5.74) is -0.693. The number of rotatable bonds is 4. The highest BCUT2D eigenvalue weighted by Gasteiger charge is 2.33. The van der Waals surface area contributed by atoms with E-state index in [1.807, 2.05) is 0 Å². The maximum Gasteiger partial charge on any atom is 0.339 e. The van der Waals surface area contributed by atoms with E-state index in [1.54, 1.807) is 0 Å². The largest absolute Gasteiger partial charge is 0.465 e. The summed E-state index contributed by atoms with van der Waals surface area (Å²) in [6, 6.07) is 3.04. The number of nitrogens with zero attached hydrogens (tertiary/aromatic N) is 2. The van der Waals surface area contributed by atoms with Crippen LogP contribution in [0.3, 0.4) is 0 Å². The van der Waals surface area contributed by atoms with Gasteiger partial charge in [-0.1, -0.05) is 0 Å². The Kier molecular flexibility index (Phi) is 3.73. The van der Waals surface area contributed by atoms with Crippen molar-refractivity contribution in [1.29, 1.82) is 0 Å². The Balaban J connectivity index is 2.57. The molecule has 0 aliphatic carbocycles. The van der Waals surface area contributed by atoms with Crippen LogP contribution in [-0.2, 0) is 14.8 Å². The van der Waals surface area contributed by atoms with Crippen molar-refractivity contribution < 1.29 is 22.9 Å². The Hall–Kier alpha value is -2.00. The molecule has 108 valence electrons. The second-order valence-corrected chi connectivity index (χ2v) is 6.09. The molecule has 1 aliphatic heterocycles. The zero-order valence-corrected chi connectivity index (χ0v) is 11.4. The van der Waals surface area contributed by atoms with E-state index < -0.39 is 20.9 Å². The van der Waals surface area contributed by atoms with Gasteiger partial charge in [-0.3, -0.25) is 10.1 Å². The van der Waals surface area contributed by atoms with Crippen molar-refractivity contribution in [3.8, 4) is 0 Å². The summed E-state index contributed by atoms with van der Waals surface area (Å²) in [6.45, 7) is 0.750. The molecule has 1 aliphatic rings. The van der Waals surface area contributed by atoms with E-state index in [-0.39, 0.29) is 16.1 Å². The van der Waals surface area contributed by atoms with Crippen molar-refractivity contribution in [2.24, 2.45) is 0 Å². The lowest BCUT2D eigenvalue weighted by molar-refractivity contribution is -0.384.